The molecule has 3 rings (SSSR count). The third kappa shape index (κ3) is 7.64. The molecule has 1 amide bonds. The Morgan fingerprint density at radius 2 is 1.86 bits per heavy atom. The number of aliphatic carboxylic acids is 1. The van der Waals surface area contributed by atoms with E-state index in [9.17, 15) is 14.7 Å². The van der Waals surface area contributed by atoms with Crippen LogP contribution in [0, 0.1) is 19.7 Å². The van der Waals surface area contributed by atoms with E-state index in [0.717, 1.165) is 33.1 Å². The first-order chi connectivity index (χ1) is 16.2. The lowest BCUT2D eigenvalue weighted by Crippen LogP contribution is -2.21. The summed E-state index contributed by atoms with van der Waals surface area (Å²) in [5, 5.41) is 18.0. The van der Waals surface area contributed by atoms with Gasteiger partial charge in [-0.05, 0) is 87.9 Å². The summed E-state index contributed by atoms with van der Waals surface area (Å²) in [4.78, 5) is 24.5. The van der Waals surface area contributed by atoms with E-state index in [-0.39, 0.29) is 12.2 Å². The Hall–Kier alpha value is -2.71. The van der Waals surface area contributed by atoms with Crippen LogP contribution in [0.1, 0.15) is 61.4 Å². The molecular weight excluding hydrogens is 517 g/mol. The molecule has 2 aromatic carbocycles. The Labute approximate surface area is 214 Å². The fourth-order valence-electron chi connectivity index (χ4n) is 3.88. The third-order valence-corrected chi connectivity index (χ3v) is 5.85. The van der Waals surface area contributed by atoms with Gasteiger partial charge in [-0.1, -0.05) is 22.0 Å². The Morgan fingerprint density at radius 1 is 1.23 bits per heavy atom. The number of ether oxygens (including phenoxy) is 1. The predicted molar refractivity (Wildman–Crippen MR) is 138 cm³/mol. The number of aliphatic hydroxyl groups is 1. The number of aryl methyl sites for hydroxylation is 1. The molecule has 35 heavy (non-hydrogen) atoms. The van der Waals surface area contributed by atoms with E-state index in [1.54, 1.807) is 20.8 Å². The highest BCUT2D eigenvalue weighted by Crippen LogP contribution is 2.40. The minimum atomic E-state index is -1.08. The normalized spacial score (nSPS) is 13.5. The van der Waals surface area contributed by atoms with Gasteiger partial charge in [0, 0.05) is 28.4 Å². The van der Waals surface area contributed by atoms with Crippen molar-refractivity contribution < 1.29 is 28.9 Å². The van der Waals surface area contributed by atoms with Gasteiger partial charge in [-0.25, -0.2) is 4.39 Å². The van der Waals surface area contributed by atoms with Gasteiger partial charge >= 0.3 is 5.97 Å². The number of carboxylic acid groups (broad SMARTS) is 1. The molecular formula is C27H33BrFNO5. The van der Waals surface area contributed by atoms with Crippen LogP contribution in [-0.2, 0) is 16.0 Å². The van der Waals surface area contributed by atoms with Crippen LogP contribution in [0.4, 0.5) is 4.39 Å². The van der Waals surface area contributed by atoms with Crippen LogP contribution in [0.5, 0.6) is 5.75 Å². The molecule has 0 radical (unpaired) electrons. The lowest BCUT2D eigenvalue weighted by atomic mass is 9.86. The monoisotopic (exact) mass is 549 g/mol. The summed E-state index contributed by atoms with van der Waals surface area (Å²) >= 11 is 3.44. The molecule has 0 fully saturated rings. The molecule has 8 heteroatoms. The van der Waals surface area contributed by atoms with Crippen molar-refractivity contribution in [3.8, 4) is 5.75 Å². The Morgan fingerprint density at radius 3 is 2.40 bits per heavy atom. The lowest BCUT2D eigenvalue weighted by molar-refractivity contribution is -0.136. The van der Waals surface area contributed by atoms with Crippen LogP contribution in [0.2, 0.25) is 0 Å². The molecule has 1 aliphatic rings. The van der Waals surface area contributed by atoms with Crippen molar-refractivity contribution in [2.45, 2.75) is 59.5 Å². The molecule has 2 aromatic rings. The number of carbonyl (C=O) groups is 2. The summed E-state index contributed by atoms with van der Waals surface area (Å²) in [6.45, 7) is 9.48. The number of amides is 1. The highest BCUT2D eigenvalue weighted by Gasteiger charge is 2.26. The fourth-order valence-corrected chi connectivity index (χ4v) is 4.35. The highest BCUT2D eigenvalue weighted by atomic mass is 79.9. The van der Waals surface area contributed by atoms with E-state index < -0.39 is 17.4 Å². The van der Waals surface area contributed by atoms with Crippen LogP contribution < -0.4 is 4.74 Å². The van der Waals surface area contributed by atoms with Crippen molar-refractivity contribution in [1.82, 2.24) is 4.90 Å². The molecule has 0 spiro atoms. The zero-order chi connectivity index (χ0) is 26.5. The molecule has 0 aliphatic carbocycles. The van der Waals surface area contributed by atoms with E-state index in [4.69, 9.17) is 9.84 Å². The zero-order valence-electron chi connectivity index (χ0n) is 21.0. The number of carbonyl (C=O) groups excluding carboxylic acids is 1. The van der Waals surface area contributed by atoms with Gasteiger partial charge in [0.25, 0.3) is 0 Å². The maximum atomic E-state index is 15.0. The summed E-state index contributed by atoms with van der Waals surface area (Å²) in [6, 6.07) is 6.98. The standard InChI is InChI=1S/C23H23BrFNO4.C4H10O/c1-13-9-15(24)6-7-16(13)22(20(11-21(28)29)26(3)12-27)18-10-19(25)23-17(14(18)2)5-4-8-30-23;1-4(2,3)5/h6-7,9-10,12H,4-5,8,11H2,1-3H3,(H,28,29);5H,1-3H3/b22-20+;. The Kier molecular flexibility index (Phi) is 9.63. The summed E-state index contributed by atoms with van der Waals surface area (Å²) in [7, 11) is 1.51. The lowest BCUT2D eigenvalue weighted by Gasteiger charge is -2.26. The Bertz CT molecular complexity index is 1130. The second-order valence-electron chi connectivity index (χ2n) is 9.53. The van der Waals surface area contributed by atoms with E-state index >= 15 is 4.39 Å². The number of benzene rings is 2. The minimum absolute atomic E-state index is 0.262. The van der Waals surface area contributed by atoms with Gasteiger partial charge in [0.1, 0.15) is 0 Å². The fraction of sp³-hybridized carbons (Fsp3) is 0.407. The maximum absolute atomic E-state index is 15.0. The largest absolute Gasteiger partial charge is 0.490 e. The van der Waals surface area contributed by atoms with Crippen LogP contribution in [0.25, 0.3) is 5.57 Å². The molecule has 2 N–H and O–H groups in total. The average molecular weight is 550 g/mol. The van der Waals surface area contributed by atoms with E-state index in [2.05, 4.69) is 15.9 Å². The summed E-state index contributed by atoms with van der Waals surface area (Å²) in [5.41, 5.74) is 4.10. The first kappa shape index (κ1) is 28.5. The summed E-state index contributed by atoms with van der Waals surface area (Å²) < 4.78 is 21.4. The number of rotatable bonds is 6. The molecule has 0 aromatic heterocycles. The molecule has 0 unspecified atom stereocenters. The Balaban J connectivity index is 0.000000784. The second kappa shape index (κ2) is 11.8. The van der Waals surface area contributed by atoms with Crippen LogP contribution in [-0.4, -0.2) is 46.7 Å². The highest BCUT2D eigenvalue weighted by molar-refractivity contribution is 9.10. The van der Waals surface area contributed by atoms with Gasteiger partial charge in [0.15, 0.2) is 11.6 Å². The van der Waals surface area contributed by atoms with Crippen molar-refractivity contribution >= 4 is 33.9 Å². The zero-order valence-corrected chi connectivity index (χ0v) is 22.6. The topological polar surface area (TPSA) is 87.1 Å². The van der Waals surface area contributed by atoms with Gasteiger partial charge in [-0.15, -0.1) is 0 Å². The summed E-state index contributed by atoms with van der Waals surface area (Å²) in [6.07, 6.45) is 1.65. The minimum Gasteiger partial charge on any atom is -0.490 e. The van der Waals surface area contributed by atoms with Gasteiger partial charge in [0.05, 0.1) is 18.6 Å². The number of hydrogen-bond acceptors (Lipinski definition) is 4. The SMILES string of the molecule is CC(C)(C)O.Cc1cc(Br)ccc1/C(=C(/CC(=O)O)N(C)C=O)c1cc(F)c2c(c1C)CCCO2. The summed E-state index contributed by atoms with van der Waals surface area (Å²) in [5.74, 6) is -1.30. The number of fused-ring (bicyclic) bond motifs is 1. The predicted octanol–water partition coefficient (Wildman–Crippen LogP) is 5.63. The van der Waals surface area contributed by atoms with Crippen molar-refractivity contribution in [1.29, 1.82) is 0 Å². The number of nitrogens with zero attached hydrogens (tertiary/aromatic N) is 1. The van der Waals surface area contributed by atoms with Gasteiger partial charge in [-0.2, -0.15) is 0 Å². The van der Waals surface area contributed by atoms with Gasteiger partial charge < -0.3 is 19.8 Å². The average Bonchev–Trinajstić information content (AvgIpc) is 2.75. The van der Waals surface area contributed by atoms with Gasteiger partial charge in [0.2, 0.25) is 6.41 Å². The van der Waals surface area contributed by atoms with Crippen molar-refractivity contribution in [3.63, 3.8) is 0 Å². The van der Waals surface area contributed by atoms with Crippen LogP contribution >= 0.6 is 15.9 Å². The molecule has 0 saturated heterocycles. The van der Waals surface area contributed by atoms with Crippen molar-refractivity contribution in [2.75, 3.05) is 13.7 Å². The third-order valence-electron chi connectivity index (χ3n) is 5.35. The molecule has 0 bridgehead atoms. The molecule has 1 aliphatic heterocycles. The molecule has 190 valence electrons. The smallest absolute Gasteiger partial charge is 0.309 e. The first-order valence-electron chi connectivity index (χ1n) is 11.3. The molecule has 0 saturated carbocycles. The van der Waals surface area contributed by atoms with E-state index in [0.29, 0.717) is 36.3 Å². The number of hydrogen-bond donors (Lipinski definition) is 2. The van der Waals surface area contributed by atoms with Crippen LogP contribution in [0.3, 0.4) is 0 Å². The molecule has 1 heterocycles. The van der Waals surface area contributed by atoms with Crippen molar-refractivity contribution in [2.24, 2.45) is 0 Å². The van der Waals surface area contributed by atoms with E-state index in [1.165, 1.54) is 18.0 Å². The molecule has 0 atom stereocenters. The second-order valence-corrected chi connectivity index (χ2v) is 10.4. The van der Waals surface area contributed by atoms with Gasteiger partial charge in [-0.3, -0.25) is 9.59 Å². The van der Waals surface area contributed by atoms with Crippen molar-refractivity contribution in [3.05, 3.63) is 68.1 Å². The van der Waals surface area contributed by atoms with E-state index in [1.807, 2.05) is 32.0 Å². The maximum Gasteiger partial charge on any atom is 0.309 e. The first-order valence-corrected chi connectivity index (χ1v) is 12.1. The van der Waals surface area contributed by atoms with Crippen LogP contribution in [0.15, 0.2) is 34.4 Å². The number of halogens is 2. The quantitative estimate of drug-likeness (QED) is 0.456. The number of carboxylic acids is 1. The molecule has 6 nitrogen and oxygen atoms in total.